The van der Waals surface area contributed by atoms with Gasteiger partial charge in [-0.2, -0.15) is 0 Å². The first kappa shape index (κ1) is 20.3. The number of hydrogen-bond acceptors (Lipinski definition) is 6. The van der Waals surface area contributed by atoms with Gasteiger partial charge in [-0.1, -0.05) is 61.9 Å². The minimum Gasteiger partial charge on any atom is -0.299 e. The lowest BCUT2D eigenvalue weighted by Gasteiger charge is -2.19. The Labute approximate surface area is 170 Å². The Morgan fingerprint density at radius 2 is 1.85 bits per heavy atom. The fraction of sp³-hybridized carbons (Fsp3) is 0.550. The first-order valence-corrected chi connectivity index (χ1v) is 11.5. The number of amides is 1. The van der Waals surface area contributed by atoms with Crippen molar-refractivity contribution < 1.29 is 4.79 Å². The largest absolute Gasteiger partial charge is 0.299 e. The van der Waals surface area contributed by atoms with Gasteiger partial charge in [0.1, 0.15) is 0 Å². The summed E-state index contributed by atoms with van der Waals surface area (Å²) >= 11 is 3.11. The van der Waals surface area contributed by atoms with Crippen LogP contribution in [0.25, 0.3) is 0 Å². The topological polar surface area (TPSA) is 58.1 Å². The molecule has 1 aromatic heterocycles. The predicted octanol–water partition coefficient (Wildman–Crippen LogP) is 4.91. The fourth-order valence-electron chi connectivity index (χ4n) is 3.04. The van der Waals surface area contributed by atoms with Gasteiger partial charge in [0.25, 0.3) is 5.91 Å². The molecule has 3 rings (SSSR count). The summed E-state index contributed by atoms with van der Waals surface area (Å²) in [4.78, 5) is 15.0. The van der Waals surface area contributed by atoms with Gasteiger partial charge in [0.2, 0.25) is 5.13 Å². The van der Waals surface area contributed by atoms with Crippen molar-refractivity contribution in [2.75, 3.05) is 24.2 Å². The number of aromatic nitrogens is 2. The molecule has 0 spiro atoms. The molecule has 146 valence electrons. The summed E-state index contributed by atoms with van der Waals surface area (Å²) in [5.74, 6) is 1.47. The van der Waals surface area contributed by atoms with E-state index in [0.29, 0.717) is 16.6 Å². The third-order valence-corrected chi connectivity index (χ3v) is 6.89. The molecule has 1 aromatic carbocycles. The Hall–Kier alpha value is -1.44. The molecule has 0 saturated carbocycles. The summed E-state index contributed by atoms with van der Waals surface area (Å²) in [5, 5.41) is 11.6. The van der Waals surface area contributed by atoms with Crippen molar-refractivity contribution >= 4 is 34.1 Å². The number of nitrogens with zero attached hydrogens (tertiary/aromatic N) is 3. The molecule has 5 nitrogen and oxygen atoms in total. The molecule has 2 heterocycles. The van der Waals surface area contributed by atoms with E-state index >= 15 is 0 Å². The minimum atomic E-state index is -0.132. The van der Waals surface area contributed by atoms with E-state index in [1.54, 1.807) is 11.8 Å². The number of anilines is 1. The van der Waals surface area contributed by atoms with Crippen molar-refractivity contribution in [2.45, 2.75) is 50.4 Å². The maximum Gasteiger partial charge on any atom is 0.257 e. The van der Waals surface area contributed by atoms with E-state index in [9.17, 15) is 4.79 Å². The Balaban J connectivity index is 1.52. The fourth-order valence-corrected chi connectivity index (χ4v) is 4.76. The summed E-state index contributed by atoms with van der Waals surface area (Å²) in [6.45, 7) is 7.67. The predicted molar refractivity (Wildman–Crippen MR) is 114 cm³/mol. The SMILES string of the molecule is CC(C)CSc1nnc(NC(=O)c2ccc(CN3CCCCCC3)cc2)s1. The molecule has 1 amide bonds. The minimum absolute atomic E-state index is 0.132. The van der Waals surface area contributed by atoms with Crippen molar-refractivity contribution in [3.8, 4) is 0 Å². The first-order chi connectivity index (χ1) is 13.1. The molecule has 1 aliphatic heterocycles. The number of benzene rings is 1. The second-order valence-electron chi connectivity index (χ2n) is 7.42. The van der Waals surface area contributed by atoms with E-state index < -0.39 is 0 Å². The second-order valence-corrected chi connectivity index (χ2v) is 9.66. The van der Waals surface area contributed by atoms with Gasteiger partial charge >= 0.3 is 0 Å². The number of thioether (sulfide) groups is 1. The molecule has 1 saturated heterocycles. The zero-order chi connectivity index (χ0) is 19.1. The van der Waals surface area contributed by atoms with Crippen LogP contribution in [0, 0.1) is 5.92 Å². The Morgan fingerprint density at radius 1 is 1.15 bits per heavy atom. The Kier molecular flexibility index (Phi) is 7.67. The van der Waals surface area contributed by atoms with Gasteiger partial charge in [-0.3, -0.25) is 15.0 Å². The number of rotatable bonds is 7. The van der Waals surface area contributed by atoms with Crippen molar-refractivity contribution in [1.29, 1.82) is 0 Å². The van der Waals surface area contributed by atoms with Crippen LogP contribution in [0.2, 0.25) is 0 Å². The van der Waals surface area contributed by atoms with Gasteiger partial charge < -0.3 is 0 Å². The highest BCUT2D eigenvalue weighted by Gasteiger charge is 2.13. The van der Waals surface area contributed by atoms with Crippen LogP contribution in [0.1, 0.15) is 55.5 Å². The number of hydrogen-bond donors (Lipinski definition) is 1. The number of carbonyl (C=O) groups is 1. The summed E-state index contributed by atoms with van der Waals surface area (Å²) < 4.78 is 0.895. The summed E-state index contributed by atoms with van der Waals surface area (Å²) in [6, 6.07) is 7.92. The third-order valence-electron chi connectivity index (χ3n) is 4.49. The lowest BCUT2D eigenvalue weighted by molar-refractivity contribution is 0.102. The van der Waals surface area contributed by atoms with Gasteiger partial charge in [-0.25, -0.2) is 0 Å². The van der Waals surface area contributed by atoms with Crippen LogP contribution >= 0.6 is 23.1 Å². The molecule has 0 radical (unpaired) electrons. The van der Waals surface area contributed by atoms with E-state index in [4.69, 9.17) is 0 Å². The van der Waals surface area contributed by atoms with E-state index in [1.165, 1.54) is 55.7 Å². The molecule has 0 bridgehead atoms. The molecule has 1 fully saturated rings. The summed E-state index contributed by atoms with van der Waals surface area (Å²) in [5.41, 5.74) is 1.91. The smallest absolute Gasteiger partial charge is 0.257 e. The van der Waals surface area contributed by atoms with Crippen LogP contribution in [-0.2, 0) is 6.54 Å². The first-order valence-electron chi connectivity index (χ1n) is 9.69. The molecular weight excluding hydrogens is 376 g/mol. The quantitative estimate of drug-likeness (QED) is 0.525. The lowest BCUT2D eigenvalue weighted by Crippen LogP contribution is -2.24. The number of nitrogens with one attached hydrogen (secondary N) is 1. The van der Waals surface area contributed by atoms with E-state index in [-0.39, 0.29) is 5.91 Å². The van der Waals surface area contributed by atoms with E-state index in [1.807, 2.05) is 12.1 Å². The van der Waals surface area contributed by atoms with Crippen LogP contribution in [0.5, 0.6) is 0 Å². The zero-order valence-corrected chi connectivity index (χ0v) is 17.7. The molecule has 1 aliphatic rings. The van der Waals surface area contributed by atoms with Crippen LogP contribution in [0.4, 0.5) is 5.13 Å². The third kappa shape index (κ3) is 6.59. The van der Waals surface area contributed by atoms with Gasteiger partial charge in [-0.05, 0) is 49.5 Å². The molecule has 27 heavy (non-hydrogen) atoms. The van der Waals surface area contributed by atoms with Gasteiger partial charge in [0.15, 0.2) is 4.34 Å². The highest BCUT2D eigenvalue weighted by atomic mass is 32.2. The van der Waals surface area contributed by atoms with Crippen molar-refractivity contribution in [1.82, 2.24) is 15.1 Å². The molecule has 0 atom stereocenters. The highest BCUT2D eigenvalue weighted by Crippen LogP contribution is 2.27. The Bertz CT molecular complexity index is 722. The molecule has 0 aliphatic carbocycles. The summed E-state index contributed by atoms with van der Waals surface area (Å²) in [7, 11) is 0. The lowest BCUT2D eigenvalue weighted by atomic mass is 10.1. The summed E-state index contributed by atoms with van der Waals surface area (Å²) in [6.07, 6.45) is 5.28. The van der Waals surface area contributed by atoms with Gasteiger partial charge in [0.05, 0.1) is 0 Å². The monoisotopic (exact) mass is 404 g/mol. The normalized spacial score (nSPS) is 15.7. The van der Waals surface area contributed by atoms with Gasteiger partial charge in [-0.15, -0.1) is 10.2 Å². The molecule has 0 unspecified atom stereocenters. The molecule has 1 N–H and O–H groups in total. The number of carbonyl (C=O) groups excluding carboxylic acids is 1. The maximum absolute atomic E-state index is 12.4. The second kappa shape index (κ2) is 10.2. The van der Waals surface area contributed by atoms with E-state index in [2.05, 4.69) is 46.4 Å². The highest BCUT2D eigenvalue weighted by molar-refractivity contribution is 8.01. The van der Waals surface area contributed by atoms with Crippen LogP contribution in [0.3, 0.4) is 0 Å². The molecule has 7 heteroatoms. The molecule has 2 aromatic rings. The zero-order valence-electron chi connectivity index (χ0n) is 16.1. The van der Waals surface area contributed by atoms with Crippen molar-refractivity contribution in [2.24, 2.45) is 5.92 Å². The van der Waals surface area contributed by atoms with Crippen LogP contribution in [-0.4, -0.2) is 39.8 Å². The number of likely N-dealkylation sites (tertiary alicyclic amines) is 1. The standard InChI is InChI=1S/C20H28N4OS2/c1-15(2)14-26-20-23-22-19(27-20)21-18(25)17-9-7-16(8-10-17)13-24-11-5-3-4-6-12-24/h7-10,15H,3-6,11-14H2,1-2H3,(H,21,22,25). The maximum atomic E-state index is 12.4. The van der Waals surface area contributed by atoms with Crippen LogP contribution < -0.4 is 5.32 Å². The average molecular weight is 405 g/mol. The van der Waals surface area contributed by atoms with E-state index in [0.717, 1.165) is 16.6 Å². The van der Waals surface area contributed by atoms with Crippen LogP contribution in [0.15, 0.2) is 28.6 Å². The Morgan fingerprint density at radius 3 is 2.52 bits per heavy atom. The van der Waals surface area contributed by atoms with Crippen molar-refractivity contribution in [3.05, 3.63) is 35.4 Å². The van der Waals surface area contributed by atoms with Gasteiger partial charge in [0, 0.05) is 17.9 Å². The average Bonchev–Trinajstić information content (AvgIpc) is 2.94. The molecular formula is C20H28N4OS2. The van der Waals surface area contributed by atoms with Crippen molar-refractivity contribution in [3.63, 3.8) is 0 Å².